The quantitative estimate of drug-likeness (QED) is 0.434. The number of hydrogen-bond donors (Lipinski definition) is 4. The van der Waals surface area contributed by atoms with Crippen LogP contribution in [0.1, 0.15) is 75.8 Å². The maximum absolute atomic E-state index is 13.5. The summed E-state index contributed by atoms with van der Waals surface area (Å²) in [4.78, 5) is 40.2. The lowest BCUT2D eigenvalue weighted by molar-refractivity contribution is -0.184. The summed E-state index contributed by atoms with van der Waals surface area (Å²) >= 11 is 0. The number of carbonyl (C=O) groups excluding carboxylic acids is 2. The Balaban J connectivity index is 1.44. The predicted molar refractivity (Wildman–Crippen MR) is 133 cm³/mol. The number of carbonyl (C=O) groups is 3. The van der Waals surface area contributed by atoms with Gasteiger partial charge in [-0.3, -0.25) is 14.5 Å². The number of Topliss-reactive ketones (excluding diaryl/α,β-unsaturated/α-hetero) is 1. The van der Waals surface area contributed by atoms with Crippen LogP contribution in [0.5, 0.6) is 5.75 Å². The monoisotopic (exact) mass is 498 g/mol. The molecule has 2 saturated carbocycles. The number of ketones is 1. The number of nitrogens with zero attached hydrogens (tertiary/aromatic N) is 1. The van der Waals surface area contributed by atoms with E-state index in [1.165, 1.54) is 19.3 Å². The third-order valence-corrected chi connectivity index (χ3v) is 9.52. The molecule has 1 saturated heterocycles. The van der Waals surface area contributed by atoms with E-state index in [0.717, 1.165) is 24.2 Å². The zero-order valence-electron chi connectivity index (χ0n) is 21.0. The predicted octanol–water partition coefficient (Wildman–Crippen LogP) is 2.53. The number of aliphatic hydroxyl groups is 1. The van der Waals surface area contributed by atoms with Crippen LogP contribution in [0, 0.1) is 11.8 Å². The number of carboxylic acid groups (broad SMARTS) is 1. The molecule has 1 aromatic carbocycles. The minimum atomic E-state index is -1.20. The molecule has 0 spiro atoms. The molecule has 1 amide bonds. The van der Waals surface area contributed by atoms with Crippen molar-refractivity contribution in [3.63, 3.8) is 0 Å². The van der Waals surface area contributed by atoms with Crippen molar-refractivity contribution in [1.29, 1.82) is 0 Å². The molecule has 2 bridgehead atoms. The van der Waals surface area contributed by atoms with Gasteiger partial charge in [0.15, 0.2) is 0 Å². The van der Waals surface area contributed by atoms with Crippen LogP contribution in [0.3, 0.4) is 0 Å². The number of likely N-dealkylation sites (tertiary alicyclic amines) is 1. The van der Waals surface area contributed by atoms with E-state index in [1.54, 1.807) is 12.1 Å². The molecule has 0 aromatic heterocycles. The van der Waals surface area contributed by atoms with Crippen molar-refractivity contribution in [3.8, 4) is 5.75 Å². The fourth-order valence-electron chi connectivity index (χ4n) is 7.42. The smallest absolute Gasteiger partial charge is 0.326 e. The molecule has 36 heavy (non-hydrogen) atoms. The van der Waals surface area contributed by atoms with Gasteiger partial charge in [0.2, 0.25) is 5.91 Å². The van der Waals surface area contributed by atoms with Gasteiger partial charge in [0.1, 0.15) is 17.6 Å². The molecule has 4 N–H and O–H groups in total. The first-order chi connectivity index (χ1) is 17.2. The number of phenolic OH excluding ortho intramolecular Hbond substituents is 1. The van der Waals surface area contributed by atoms with Crippen LogP contribution in [0.25, 0.3) is 0 Å². The van der Waals surface area contributed by atoms with Gasteiger partial charge in [0, 0.05) is 36.8 Å². The molecule has 1 aliphatic heterocycles. The molecular weight excluding hydrogens is 460 g/mol. The number of amides is 1. The Morgan fingerprint density at radius 2 is 2.06 bits per heavy atom. The second-order valence-corrected chi connectivity index (χ2v) is 11.6. The first kappa shape index (κ1) is 25.2. The fourth-order valence-corrected chi connectivity index (χ4v) is 7.42. The number of rotatable bonds is 8. The van der Waals surface area contributed by atoms with Gasteiger partial charge in [-0.2, -0.15) is 0 Å². The van der Waals surface area contributed by atoms with E-state index >= 15 is 0 Å². The van der Waals surface area contributed by atoms with Gasteiger partial charge in [-0.1, -0.05) is 25.8 Å². The van der Waals surface area contributed by atoms with Gasteiger partial charge < -0.3 is 20.6 Å². The number of benzene rings is 1. The lowest BCUT2D eigenvalue weighted by Gasteiger charge is -2.64. The number of carboxylic acids is 1. The Hall–Kier alpha value is -2.45. The molecule has 5 atom stereocenters. The summed E-state index contributed by atoms with van der Waals surface area (Å²) in [6, 6.07) is 4.20. The van der Waals surface area contributed by atoms with Crippen LogP contribution >= 0.6 is 0 Å². The molecule has 196 valence electrons. The number of nitrogens with one attached hydrogen (secondary N) is 1. The number of fused-ring (bicyclic) bond motifs is 1. The van der Waals surface area contributed by atoms with Gasteiger partial charge in [0.25, 0.3) is 0 Å². The molecule has 3 aliphatic carbocycles. The highest BCUT2D eigenvalue weighted by atomic mass is 16.4. The van der Waals surface area contributed by atoms with Gasteiger partial charge in [0.05, 0.1) is 5.60 Å². The third-order valence-electron chi connectivity index (χ3n) is 9.52. The summed E-state index contributed by atoms with van der Waals surface area (Å²) in [7, 11) is 0. The topological polar surface area (TPSA) is 127 Å². The van der Waals surface area contributed by atoms with Crippen molar-refractivity contribution in [1.82, 2.24) is 10.2 Å². The lowest BCUT2D eigenvalue weighted by atomic mass is 9.47. The van der Waals surface area contributed by atoms with E-state index in [-0.39, 0.29) is 36.8 Å². The first-order valence-corrected chi connectivity index (χ1v) is 13.5. The number of piperidine rings is 1. The number of aliphatic carboxylic acids is 1. The van der Waals surface area contributed by atoms with E-state index in [1.807, 2.05) is 13.0 Å². The van der Waals surface area contributed by atoms with Crippen LogP contribution < -0.4 is 5.32 Å². The average molecular weight is 499 g/mol. The summed E-state index contributed by atoms with van der Waals surface area (Å²) in [5.41, 5.74) is -0.0384. The van der Waals surface area contributed by atoms with Gasteiger partial charge >= 0.3 is 5.97 Å². The number of aromatic hydroxyl groups is 1. The lowest BCUT2D eigenvalue weighted by Crippen LogP contribution is -2.74. The second-order valence-electron chi connectivity index (χ2n) is 11.6. The van der Waals surface area contributed by atoms with Gasteiger partial charge in [-0.15, -0.1) is 0 Å². The van der Waals surface area contributed by atoms with Crippen molar-refractivity contribution in [2.45, 2.75) is 94.2 Å². The second kappa shape index (κ2) is 9.45. The zero-order chi connectivity index (χ0) is 25.7. The minimum absolute atomic E-state index is 0.0698. The van der Waals surface area contributed by atoms with Crippen LogP contribution in [-0.2, 0) is 26.2 Å². The van der Waals surface area contributed by atoms with E-state index in [9.17, 15) is 29.7 Å². The van der Waals surface area contributed by atoms with Crippen molar-refractivity contribution in [2.75, 3.05) is 13.1 Å². The highest BCUT2D eigenvalue weighted by Gasteiger charge is 2.66. The third kappa shape index (κ3) is 4.12. The van der Waals surface area contributed by atoms with Crippen LogP contribution in [-0.4, -0.2) is 68.7 Å². The molecular formula is C28H38N2O6. The average Bonchev–Trinajstić information content (AvgIpc) is 2.78. The van der Waals surface area contributed by atoms with Crippen molar-refractivity contribution < 1.29 is 29.7 Å². The highest BCUT2D eigenvalue weighted by molar-refractivity contribution is 5.91. The van der Waals surface area contributed by atoms with E-state index < -0.39 is 34.9 Å². The molecule has 8 nitrogen and oxygen atoms in total. The summed E-state index contributed by atoms with van der Waals surface area (Å²) in [5.74, 6) is -1.50. The number of phenols is 1. The summed E-state index contributed by atoms with van der Waals surface area (Å²) in [6.45, 7) is 3.59. The van der Waals surface area contributed by atoms with Crippen LogP contribution in [0.15, 0.2) is 18.2 Å². The molecule has 0 unspecified atom stereocenters. The van der Waals surface area contributed by atoms with Gasteiger partial charge in [-0.25, -0.2) is 4.79 Å². The molecule has 0 radical (unpaired) electrons. The largest absolute Gasteiger partial charge is 0.508 e. The Labute approximate surface area is 212 Å². The Morgan fingerprint density at radius 3 is 2.72 bits per heavy atom. The first-order valence-electron chi connectivity index (χ1n) is 13.5. The van der Waals surface area contributed by atoms with Gasteiger partial charge in [-0.05, 0) is 74.2 Å². The molecule has 3 fully saturated rings. The van der Waals surface area contributed by atoms with E-state index in [2.05, 4.69) is 10.2 Å². The standard InChI is InChI=1S/C28H38N2O6/c1-2-4-22(26(34)35)29-25(33)12-19-14-28(36)24-11-18-7-8-20(31)13-21(18)27(28,15-23(19)32)9-10-30(24)16-17-5-3-6-17/h7-8,13,17,19,22,24,31,36H,2-6,9-12,14-16H2,1H3,(H,29,33)(H,34,35)/t19-,22-,24+,27+,28+/m0/s1. The Bertz CT molecular complexity index is 1050. The fraction of sp³-hybridized carbons (Fsp3) is 0.679. The number of hydrogen-bond acceptors (Lipinski definition) is 6. The molecule has 4 aliphatic rings. The minimum Gasteiger partial charge on any atom is -0.508 e. The molecule has 5 rings (SSSR count). The zero-order valence-corrected chi connectivity index (χ0v) is 21.0. The maximum Gasteiger partial charge on any atom is 0.326 e. The van der Waals surface area contributed by atoms with Crippen molar-refractivity contribution in [3.05, 3.63) is 29.3 Å². The highest BCUT2D eigenvalue weighted by Crippen LogP contribution is 2.59. The van der Waals surface area contributed by atoms with Crippen LogP contribution in [0.4, 0.5) is 0 Å². The maximum atomic E-state index is 13.5. The van der Waals surface area contributed by atoms with E-state index in [4.69, 9.17) is 0 Å². The van der Waals surface area contributed by atoms with Crippen LogP contribution in [0.2, 0.25) is 0 Å². The summed E-state index contributed by atoms with van der Waals surface area (Å²) in [5, 5.41) is 34.8. The normalized spacial score (nSPS) is 32.7. The van der Waals surface area contributed by atoms with Crippen molar-refractivity contribution in [2.24, 2.45) is 11.8 Å². The SMILES string of the molecule is CCC[C@H](NC(=O)C[C@H]1C[C@@]2(O)[C@H]3Cc4ccc(O)cc4[C@@]2(CCN3CC2CCC2)CC1=O)C(=O)O. The Kier molecular flexibility index (Phi) is 6.62. The van der Waals surface area contributed by atoms with Crippen molar-refractivity contribution >= 4 is 17.7 Å². The molecule has 1 aromatic rings. The summed E-state index contributed by atoms with van der Waals surface area (Å²) < 4.78 is 0. The molecule has 8 heteroatoms. The molecule has 1 heterocycles. The summed E-state index contributed by atoms with van der Waals surface area (Å²) in [6.07, 6.45) is 6.07. The Morgan fingerprint density at radius 1 is 1.28 bits per heavy atom. The van der Waals surface area contributed by atoms with E-state index in [0.29, 0.717) is 31.6 Å².